The van der Waals surface area contributed by atoms with Crippen molar-refractivity contribution in [2.24, 2.45) is 23.7 Å². The lowest BCUT2D eigenvalue weighted by Gasteiger charge is -2.32. The number of methoxy groups -OCH3 is 2. The van der Waals surface area contributed by atoms with Gasteiger partial charge >= 0.3 is 23.9 Å². The summed E-state index contributed by atoms with van der Waals surface area (Å²) in [6.45, 7) is 30.3. The highest BCUT2D eigenvalue weighted by atomic mass is 32.3. The molecule has 0 bridgehead atoms. The molecule has 716 valence electrons. The van der Waals surface area contributed by atoms with E-state index in [1.165, 1.54) is 62.7 Å². The largest absolute Gasteiger partial charge is 0.481 e. The van der Waals surface area contributed by atoms with Crippen LogP contribution < -0.4 is 50.0 Å². The number of ketones is 4. The van der Waals surface area contributed by atoms with E-state index in [1.807, 2.05) is 74.6 Å². The monoisotopic (exact) mass is 1950 g/mol. The number of hydrogen-bond donors (Lipinski definition) is 8. The molecule has 0 saturated carbocycles. The molecule has 4 aliphatic heterocycles. The number of amides is 2. The maximum absolute atomic E-state index is 13.5. The minimum Gasteiger partial charge on any atom is -0.481 e. The molecule has 51 heteroatoms. The van der Waals surface area contributed by atoms with Crippen LogP contribution >= 0.6 is 46.1 Å². The van der Waals surface area contributed by atoms with E-state index >= 15 is 0 Å². The summed E-state index contributed by atoms with van der Waals surface area (Å²) in [5.74, 6) is -13.2. The molecular formula is C76H120N14O29S8. The second-order valence-electron chi connectivity index (χ2n) is 32.0. The number of carboxylic acid groups (broad SMARTS) is 1. The highest BCUT2D eigenvalue weighted by Crippen LogP contribution is 2.43. The predicted molar refractivity (Wildman–Crippen MR) is 465 cm³/mol. The standard InChI is InChI=1S/C38H59N7O14S4.C21H33N3O9S3.C17H28N4O6S/c1-9-39-28-21-45(13-10-16-55-8)63(53,54)37-27(28)19-31(60-37)62(51,52)43-35(50)24(3)32(48)23(2)33(49)25(4)58-29(46)11-12-30(47)59-26(20-40-38(5,6)7)22-57-36-34(41-61-42-36)44-14-17-56-18-15-44;1-6-22-16-11-24(8-7-9-33-5)36(31,32)21-15(16)10-17(34-21)35(29,30)23-20(28)13(3)18(26)12(2)19(27)14(4)25;1-17(2,3)18-10-12(27-14(24)5-4-13(22)23)11-26-16-15(19-28-20-16)21-6-8-25-9-7-21/h19,23-26,28,39-40H,9-18,20-22H2,1-8H3,(H,43,50);10,12-14,16,22,25H,6-9,11H2,1-5H3,(H,23,28);12,18H,4-11H2,1-3H3,(H,22,23)/t23-,24+,25-,26-,28-;12-,13+,14-,16-;12-/m000/s1. The number of aliphatic carboxylic acids is 1. The first-order valence-electron chi connectivity index (χ1n) is 41.1. The number of rotatable bonds is 47. The van der Waals surface area contributed by atoms with Gasteiger partial charge < -0.3 is 83.9 Å². The van der Waals surface area contributed by atoms with Crippen molar-refractivity contribution in [2.75, 3.05) is 155 Å². The number of aliphatic hydroxyl groups is 1. The van der Waals surface area contributed by atoms with E-state index in [9.17, 15) is 86.7 Å². The molecule has 43 nitrogen and oxygen atoms in total. The lowest BCUT2D eigenvalue weighted by atomic mass is 9.90. The minimum atomic E-state index is -4.67. The number of thiophene rings is 2. The first-order valence-corrected chi connectivity index (χ1v) is 50.0. The Morgan fingerprint density at radius 3 is 1.24 bits per heavy atom. The number of esters is 3. The van der Waals surface area contributed by atoms with Crippen LogP contribution in [0.5, 0.6) is 11.8 Å². The number of likely N-dealkylation sites (N-methyl/N-ethyl adjacent to an activating group) is 2. The summed E-state index contributed by atoms with van der Waals surface area (Å²) >= 11 is 3.06. The molecule has 10 atom stereocenters. The summed E-state index contributed by atoms with van der Waals surface area (Å²) in [7, 11) is -14.2. The molecule has 8 heterocycles. The van der Waals surface area contributed by atoms with Crippen LogP contribution in [-0.2, 0) is 121 Å². The number of morpholine rings is 2. The van der Waals surface area contributed by atoms with Gasteiger partial charge in [-0.3, -0.25) is 47.9 Å². The predicted octanol–water partition coefficient (Wildman–Crippen LogP) is 2.39. The van der Waals surface area contributed by atoms with Gasteiger partial charge in [0.15, 0.2) is 29.2 Å². The van der Waals surface area contributed by atoms with Crippen molar-refractivity contribution < 1.29 is 134 Å². The fourth-order valence-electron chi connectivity index (χ4n) is 12.6. The third-order valence-electron chi connectivity index (χ3n) is 19.7. The topological polar surface area (TPSA) is 567 Å². The molecule has 2 amide bonds. The average Bonchev–Trinajstić information content (AvgIpc) is 1.57. The first-order chi connectivity index (χ1) is 59.5. The molecule has 0 unspecified atom stereocenters. The highest BCUT2D eigenvalue weighted by Gasteiger charge is 2.45. The number of aromatic nitrogens is 4. The Bertz CT molecular complexity index is 4850. The first kappa shape index (κ1) is 108. The number of ether oxygens (including phenoxy) is 9. The normalized spacial score (nSPS) is 18.5. The van der Waals surface area contributed by atoms with Crippen LogP contribution in [0.1, 0.15) is 159 Å². The van der Waals surface area contributed by atoms with Crippen LogP contribution in [0.4, 0.5) is 11.6 Å². The van der Waals surface area contributed by atoms with Gasteiger partial charge in [-0.05, 0) is 121 Å². The molecule has 0 aromatic carbocycles. The Labute approximate surface area is 757 Å². The second-order valence-corrected chi connectivity index (χ2v) is 43.2. The molecule has 8 N–H and O–H groups in total. The fraction of sp³-hybridized carbons (Fsp3) is 0.711. The molecule has 127 heavy (non-hydrogen) atoms. The minimum absolute atomic E-state index is 0.0592. The molecular weight excluding hydrogens is 1830 g/mol. The lowest BCUT2D eigenvalue weighted by Crippen LogP contribution is -2.44. The number of carbonyl (C=O) groups excluding carboxylic acids is 9. The van der Waals surface area contributed by atoms with E-state index in [1.54, 1.807) is 0 Å². The zero-order chi connectivity index (χ0) is 94.7. The van der Waals surface area contributed by atoms with Crippen molar-refractivity contribution in [2.45, 2.75) is 200 Å². The Morgan fingerprint density at radius 1 is 0.535 bits per heavy atom. The third kappa shape index (κ3) is 32.5. The zero-order valence-corrected chi connectivity index (χ0v) is 80.6. The van der Waals surface area contributed by atoms with Gasteiger partial charge in [0.2, 0.25) is 23.5 Å². The van der Waals surface area contributed by atoms with Crippen molar-refractivity contribution >= 4 is 157 Å². The third-order valence-corrected chi connectivity index (χ3v) is 31.4. The van der Waals surface area contributed by atoms with Gasteiger partial charge in [-0.1, -0.05) is 13.8 Å². The van der Waals surface area contributed by atoms with Crippen molar-refractivity contribution in [1.82, 2.24) is 56.8 Å². The summed E-state index contributed by atoms with van der Waals surface area (Å²) in [6.07, 6.45) is -4.67. The summed E-state index contributed by atoms with van der Waals surface area (Å²) < 4.78 is 177. The average molecular weight is 1950 g/mol. The molecule has 8 rings (SSSR count). The molecule has 4 aromatic heterocycles. The number of carboxylic acids is 1. The number of anilines is 2. The van der Waals surface area contributed by atoms with Crippen LogP contribution in [0, 0.1) is 23.7 Å². The van der Waals surface area contributed by atoms with Crippen LogP contribution in [0.3, 0.4) is 0 Å². The molecule has 2 fully saturated rings. The van der Waals surface area contributed by atoms with E-state index in [-0.39, 0.29) is 93.6 Å². The van der Waals surface area contributed by atoms with Gasteiger partial charge in [0.05, 0.1) is 99.2 Å². The van der Waals surface area contributed by atoms with Gasteiger partial charge in [0, 0.05) is 127 Å². The second kappa shape index (κ2) is 49.7. The lowest BCUT2D eigenvalue weighted by molar-refractivity contribution is -0.159. The Morgan fingerprint density at radius 2 is 0.898 bits per heavy atom. The Balaban J connectivity index is 0.000000326. The summed E-state index contributed by atoms with van der Waals surface area (Å²) in [5, 5.41) is 31.0. The smallest absolute Gasteiger partial charge is 0.307 e. The van der Waals surface area contributed by atoms with Crippen molar-refractivity contribution in [3.8, 4) is 11.8 Å². The molecule has 4 aromatic rings. The molecule has 0 aliphatic carbocycles. The number of nitrogens with zero attached hydrogens (tertiary/aromatic N) is 8. The van der Waals surface area contributed by atoms with E-state index in [4.69, 9.17) is 47.7 Å². The van der Waals surface area contributed by atoms with Crippen molar-refractivity contribution in [1.29, 1.82) is 0 Å². The Hall–Kier alpha value is -7.42. The summed E-state index contributed by atoms with van der Waals surface area (Å²) in [6, 6.07) is 1.44. The van der Waals surface area contributed by atoms with Crippen molar-refractivity contribution in [3.05, 3.63) is 23.3 Å². The van der Waals surface area contributed by atoms with E-state index < -0.39 is 176 Å². The number of fused-ring (bicyclic) bond motifs is 2. The van der Waals surface area contributed by atoms with Crippen molar-refractivity contribution in [3.63, 3.8) is 0 Å². The van der Waals surface area contributed by atoms with Gasteiger partial charge in [-0.15, -0.1) is 31.4 Å². The van der Waals surface area contributed by atoms with Gasteiger partial charge in [0.25, 0.3) is 51.9 Å². The molecule has 4 aliphatic rings. The van der Waals surface area contributed by atoms with Gasteiger partial charge in [-0.2, -0.15) is 17.4 Å². The molecule has 0 radical (unpaired) electrons. The van der Waals surface area contributed by atoms with Crippen LogP contribution in [-0.4, -0.2) is 310 Å². The van der Waals surface area contributed by atoms with Crippen LogP contribution in [0.15, 0.2) is 29.0 Å². The Kier molecular flexibility index (Phi) is 42.4. The van der Waals surface area contributed by atoms with Gasteiger partial charge in [-0.25, -0.2) is 43.1 Å². The van der Waals surface area contributed by atoms with Gasteiger partial charge in [0.1, 0.15) is 48.4 Å². The summed E-state index contributed by atoms with van der Waals surface area (Å²) in [4.78, 5) is 129. The maximum Gasteiger partial charge on any atom is 0.307 e. The summed E-state index contributed by atoms with van der Waals surface area (Å²) in [5.41, 5.74) is 0.0368. The van der Waals surface area contributed by atoms with E-state index in [2.05, 4.69) is 38.8 Å². The SMILES string of the molecule is CC(C)(C)NC[C@@H](COc1nsnc1N1CCOCC1)OC(=O)CCC(=O)O.CCN[C@H]1CN(CCCOC)S(=O)(=O)c2sc(S(=O)(=O)NC(=O)[C@H](C)C(=O)[C@H](C)C(=O)[C@H](C)O)cc21.CCN[C@H]1CN(CCCOC)S(=O)(=O)c2sc(S(=O)(=O)NC(=O)[C@H](C)C(=O)[C@H](C)C(=O)[C@H](C)OC(=O)CCC(=O)O[C@@H](CNC(C)(C)C)COc3nsnc3N3CCOCC3)cc21. The number of nitrogens with one attached hydrogen (secondary N) is 6. The van der Waals surface area contributed by atoms with E-state index in [0.29, 0.717) is 144 Å². The quantitative estimate of drug-likeness (QED) is 0.0136. The maximum atomic E-state index is 13.5. The molecule has 2 saturated heterocycles. The van der Waals surface area contributed by atoms with E-state index in [0.717, 1.165) is 37.3 Å². The number of sulfonamides is 4. The van der Waals surface area contributed by atoms with Crippen LogP contribution in [0.2, 0.25) is 0 Å². The zero-order valence-electron chi connectivity index (χ0n) is 74.1. The number of hydrogen-bond acceptors (Lipinski definition) is 42. The molecule has 0 spiro atoms. The number of aliphatic hydroxyl groups excluding tert-OH is 1. The fourth-order valence-corrected chi connectivity index (χ4v) is 23.6. The number of Topliss-reactive ketones (excluding diaryl/α,β-unsaturated/α-hetero) is 4. The van der Waals surface area contributed by atoms with Crippen LogP contribution in [0.25, 0.3) is 0 Å². The highest BCUT2D eigenvalue weighted by molar-refractivity contribution is 7.95. The number of carbonyl (C=O) groups is 10.